The number of ether oxygens (including phenoxy) is 2. The quantitative estimate of drug-likeness (QED) is 0.907. The van der Waals surface area contributed by atoms with Crippen molar-refractivity contribution in [3.05, 3.63) is 47.3 Å². The van der Waals surface area contributed by atoms with Gasteiger partial charge in [0.15, 0.2) is 0 Å². The number of nitrogens with one attached hydrogen (secondary N) is 1. The molecule has 7 heteroatoms. The van der Waals surface area contributed by atoms with E-state index in [2.05, 4.69) is 4.98 Å². The number of H-pyrrole nitrogens is 1. The van der Waals surface area contributed by atoms with Gasteiger partial charge in [0.05, 0.1) is 19.8 Å². The van der Waals surface area contributed by atoms with Crippen LogP contribution < -0.4 is 9.47 Å². The Bertz CT molecular complexity index is 793. The van der Waals surface area contributed by atoms with E-state index < -0.39 is 0 Å². The van der Waals surface area contributed by atoms with Crippen molar-refractivity contribution in [2.45, 2.75) is 6.92 Å². The molecule has 1 aromatic carbocycles. The van der Waals surface area contributed by atoms with Gasteiger partial charge >= 0.3 is 0 Å². The smallest absolute Gasteiger partial charge is 0.270 e. The van der Waals surface area contributed by atoms with Crippen molar-refractivity contribution in [2.75, 3.05) is 40.4 Å². The van der Waals surface area contributed by atoms with Crippen molar-refractivity contribution >= 4 is 11.8 Å². The lowest BCUT2D eigenvalue weighted by atomic mass is 10.1. The molecule has 1 aliphatic heterocycles. The zero-order valence-corrected chi connectivity index (χ0v) is 15.2. The van der Waals surface area contributed by atoms with Crippen molar-refractivity contribution in [2.24, 2.45) is 0 Å². The molecule has 1 aliphatic rings. The molecule has 138 valence electrons. The van der Waals surface area contributed by atoms with Gasteiger partial charge in [-0.25, -0.2) is 0 Å². The van der Waals surface area contributed by atoms with Gasteiger partial charge in [-0.2, -0.15) is 0 Å². The predicted octanol–water partition coefficient (Wildman–Crippen LogP) is 1.94. The van der Waals surface area contributed by atoms with E-state index in [0.717, 1.165) is 5.56 Å². The molecule has 0 atom stereocenters. The fraction of sp³-hybridized carbons (Fsp3) is 0.368. The highest BCUT2D eigenvalue weighted by Crippen LogP contribution is 2.32. The molecule has 1 aromatic heterocycles. The van der Waals surface area contributed by atoms with Crippen molar-refractivity contribution < 1.29 is 19.1 Å². The number of rotatable bonds is 4. The topological polar surface area (TPSA) is 74.9 Å². The largest absolute Gasteiger partial charge is 0.496 e. The maximum Gasteiger partial charge on any atom is 0.270 e. The first-order valence-corrected chi connectivity index (χ1v) is 8.50. The molecule has 1 fully saturated rings. The van der Waals surface area contributed by atoms with Crippen LogP contribution in [0.2, 0.25) is 0 Å². The van der Waals surface area contributed by atoms with E-state index in [-0.39, 0.29) is 11.8 Å². The third-order valence-corrected chi connectivity index (χ3v) is 4.69. The molecule has 0 bridgehead atoms. The summed E-state index contributed by atoms with van der Waals surface area (Å²) in [5, 5.41) is 0. The van der Waals surface area contributed by atoms with Gasteiger partial charge < -0.3 is 24.3 Å². The van der Waals surface area contributed by atoms with Crippen LogP contribution in [-0.2, 0) is 0 Å². The maximum atomic E-state index is 12.9. The molecule has 2 aromatic rings. The number of carbonyl (C=O) groups excluding carboxylic acids is 2. The molecule has 0 radical (unpaired) electrons. The molecule has 26 heavy (non-hydrogen) atoms. The number of hydrogen-bond donors (Lipinski definition) is 1. The van der Waals surface area contributed by atoms with Crippen molar-refractivity contribution in [3.63, 3.8) is 0 Å². The Kier molecular flexibility index (Phi) is 5.16. The third kappa shape index (κ3) is 3.24. The number of amides is 2. The Hall–Kier alpha value is -2.96. The van der Waals surface area contributed by atoms with E-state index in [0.29, 0.717) is 48.9 Å². The summed E-state index contributed by atoms with van der Waals surface area (Å²) in [7, 11) is 3.13. The van der Waals surface area contributed by atoms with Gasteiger partial charge in [0, 0.05) is 37.9 Å². The first kappa shape index (κ1) is 17.8. The zero-order valence-electron chi connectivity index (χ0n) is 15.2. The first-order valence-electron chi connectivity index (χ1n) is 8.50. The number of hydrogen-bond acceptors (Lipinski definition) is 4. The zero-order chi connectivity index (χ0) is 18.7. The Morgan fingerprint density at radius 1 is 0.962 bits per heavy atom. The average Bonchev–Trinajstić information content (AvgIpc) is 3.21. The van der Waals surface area contributed by atoms with Gasteiger partial charge in [-0.1, -0.05) is 0 Å². The average molecular weight is 357 g/mol. The molecule has 2 heterocycles. The summed E-state index contributed by atoms with van der Waals surface area (Å²) in [5.41, 5.74) is 1.87. The second-order valence-corrected chi connectivity index (χ2v) is 6.14. The number of nitrogens with zero attached hydrogens (tertiary/aromatic N) is 2. The summed E-state index contributed by atoms with van der Waals surface area (Å²) < 4.78 is 10.7. The predicted molar refractivity (Wildman–Crippen MR) is 96.9 cm³/mol. The summed E-state index contributed by atoms with van der Waals surface area (Å²) in [6.45, 7) is 3.84. The van der Waals surface area contributed by atoms with Crippen LogP contribution in [0.5, 0.6) is 11.5 Å². The summed E-state index contributed by atoms with van der Waals surface area (Å²) in [5.74, 6) is 1.07. The normalized spacial score (nSPS) is 14.3. The highest BCUT2D eigenvalue weighted by Gasteiger charge is 2.28. The molecule has 1 saturated heterocycles. The molecule has 3 rings (SSSR count). The summed E-state index contributed by atoms with van der Waals surface area (Å²) in [6.07, 6.45) is 1.73. The molecule has 1 N–H and O–H groups in total. The van der Waals surface area contributed by atoms with Crippen LogP contribution in [0, 0.1) is 6.92 Å². The second kappa shape index (κ2) is 7.51. The van der Waals surface area contributed by atoms with Crippen LogP contribution >= 0.6 is 0 Å². The minimum absolute atomic E-state index is 0.0417. The van der Waals surface area contributed by atoms with Crippen LogP contribution in [0.1, 0.15) is 26.4 Å². The summed E-state index contributed by atoms with van der Waals surface area (Å²) in [6, 6.07) is 7.05. The van der Waals surface area contributed by atoms with E-state index in [4.69, 9.17) is 9.47 Å². The number of carbonyl (C=O) groups is 2. The van der Waals surface area contributed by atoms with E-state index in [1.165, 1.54) is 0 Å². The molecule has 0 spiro atoms. The standard InChI is InChI=1S/C19H23N3O4/c1-13-16(25-2)7-6-14(17(13)26-3)18(23)21-9-11-22(12-10-21)19(24)15-5-4-8-20-15/h4-8,20H,9-12H2,1-3H3. The van der Waals surface area contributed by atoms with Crippen LogP contribution in [0.3, 0.4) is 0 Å². The van der Waals surface area contributed by atoms with Crippen LogP contribution in [0.4, 0.5) is 0 Å². The fourth-order valence-electron chi connectivity index (χ4n) is 3.24. The van der Waals surface area contributed by atoms with E-state index in [1.807, 2.05) is 6.92 Å². The molecule has 0 saturated carbocycles. The van der Waals surface area contributed by atoms with E-state index >= 15 is 0 Å². The second-order valence-electron chi connectivity index (χ2n) is 6.14. The lowest BCUT2D eigenvalue weighted by Gasteiger charge is -2.35. The van der Waals surface area contributed by atoms with Crippen LogP contribution in [0.25, 0.3) is 0 Å². The number of methoxy groups -OCH3 is 2. The third-order valence-electron chi connectivity index (χ3n) is 4.69. The monoisotopic (exact) mass is 357 g/mol. The molecule has 0 aliphatic carbocycles. The molecular formula is C19H23N3O4. The van der Waals surface area contributed by atoms with Gasteiger partial charge in [0.25, 0.3) is 11.8 Å². The highest BCUT2D eigenvalue weighted by atomic mass is 16.5. The Morgan fingerprint density at radius 2 is 1.62 bits per heavy atom. The SMILES string of the molecule is COc1ccc(C(=O)N2CCN(C(=O)c3ccc[nH]3)CC2)c(OC)c1C. The summed E-state index contributed by atoms with van der Waals surface area (Å²) >= 11 is 0. The molecular weight excluding hydrogens is 334 g/mol. The number of piperazine rings is 1. The Balaban J connectivity index is 1.71. The number of aromatic nitrogens is 1. The van der Waals surface area contributed by atoms with Crippen molar-refractivity contribution in [1.29, 1.82) is 0 Å². The van der Waals surface area contributed by atoms with Gasteiger partial charge in [-0.05, 0) is 31.2 Å². The molecule has 0 unspecified atom stereocenters. The van der Waals surface area contributed by atoms with E-state index in [9.17, 15) is 9.59 Å². The fourth-order valence-corrected chi connectivity index (χ4v) is 3.24. The van der Waals surface area contributed by atoms with E-state index in [1.54, 1.807) is 54.5 Å². The van der Waals surface area contributed by atoms with Crippen molar-refractivity contribution in [3.8, 4) is 11.5 Å². The first-order chi connectivity index (χ1) is 12.6. The van der Waals surface area contributed by atoms with Gasteiger partial charge in [-0.15, -0.1) is 0 Å². The molecule has 7 nitrogen and oxygen atoms in total. The van der Waals surface area contributed by atoms with Gasteiger partial charge in [0.2, 0.25) is 0 Å². The maximum absolute atomic E-state index is 12.9. The molecule has 2 amide bonds. The van der Waals surface area contributed by atoms with Gasteiger partial charge in [-0.3, -0.25) is 9.59 Å². The lowest BCUT2D eigenvalue weighted by molar-refractivity contribution is 0.0530. The summed E-state index contributed by atoms with van der Waals surface area (Å²) in [4.78, 5) is 31.7. The van der Waals surface area contributed by atoms with Gasteiger partial charge in [0.1, 0.15) is 17.2 Å². The Morgan fingerprint density at radius 3 is 2.15 bits per heavy atom. The minimum Gasteiger partial charge on any atom is -0.496 e. The van der Waals surface area contributed by atoms with Crippen LogP contribution in [-0.4, -0.2) is 67.0 Å². The number of benzene rings is 1. The number of aromatic amines is 1. The lowest BCUT2D eigenvalue weighted by Crippen LogP contribution is -2.50. The Labute approximate surface area is 152 Å². The minimum atomic E-state index is -0.0976. The van der Waals surface area contributed by atoms with Crippen LogP contribution in [0.15, 0.2) is 30.5 Å². The highest BCUT2D eigenvalue weighted by molar-refractivity contribution is 5.98. The van der Waals surface area contributed by atoms with Crippen molar-refractivity contribution in [1.82, 2.24) is 14.8 Å².